The zero-order chi connectivity index (χ0) is 12.3. The van der Waals surface area contributed by atoms with Crippen LogP contribution in [0, 0.1) is 18.3 Å². The molecule has 1 atom stereocenters. The number of benzene rings is 1. The van der Waals surface area contributed by atoms with Gasteiger partial charge in [0.1, 0.15) is 6.04 Å². The predicted molar refractivity (Wildman–Crippen MR) is 66.0 cm³/mol. The first-order valence-corrected chi connectivity index (χ1v) is 5.69. The van der Waals surface area contributed by atoms with E-state index in [1.165, 1.54) is 4.90 Å². The Hall–Kier alpha value is -1.34. The van der Waals surface area contributed by atoms with Crippen molar-refractivity contribution in [3.63, 3.8) is 0 Å². The van der Waals surface area contributed by atoms with Gasteiger partial charge in [-0.1, -0.05) is 6.07 Å². The molecule has 0 aromatic heterocycles. The molecule has 0 aliphatic carbocycles. The highest BCUT2D eigenvalue weighted by Crippen LogP contribution is 2.20. The number of hydrogen-bond acceptors (Lipinski definition) is 2. The topological polar surface area (TPSA) is 44.1 Å². The molecule has 0 bridgehead atoms. The van der Waals surface area contributed by atoms with Gasteiger partial charge in [0, 0.05) is 11.5 Å². The molecule has 1 rings (SSSR count). The van der Waals surface area contributed by atoms with E-state index in [9.17, 15) is 4.79 Å². The lowest BCUT2D eigenvalue weighted by Gasteiger charge is -2.20. The van der Waals surface area contributed by atoms with Crippen LogP contribution < -0.4 is 0 Å². The Balaban J connectivity index is 3.02. The number of aryl methyl sites for hydroxylation is 1. The third-order valence-corrected chi connectivity index (χ3v) is 3.10. The number of nitriles is 1. The fourth-order valence-corrected chi connectivity index (χ4v) is 1.91. The largest absolute Gasteiger partial charge is 0.326 e. The van der Waals surface area contributed by atoms with E-state index in [0.717, 1.165) is 10.0 Å². The third-order valence-electron chi connectivity index (χ3n) is 2.44. The number of rotatable bonds is 2. The molecule has 3 nitrogen and oxygen atoms in total. The van der Waals surface area contributed by atoms with E-state index in [1.54, 1.807) is 20.0 Å². The minimum absolute atomic E-state index is 0.152. The first-order chi connectivity index (χ1) is 7.47. The summed E-state index contributed by atoms with van der Waals surface area (Å²) in [6.45, 7) is 3.65. The van der Waals surface area contributed by atoms with Crippen molar-refractivity contribution in [3.8, 4) is 6.07 Å². The highest BCUT2D eigenvalue weighted by atomic mass is 79.9. The van der Waals surface area contributed by atoms with Gasteiger partial charge in [0.05, 0.1) is 11.6 Å². The van der Waals surface area contributed by atoms with Gasteiger partial charge in [-0.05, 0) is 47.5 Å². The van der Waals surface area contributed by atoms with Crippen LogP contribution in [0.5, 0.6) is 0 Å². The van der Waals surface area contributed by atoms with E-state index in [0.29, 0.717) is 5.56 Å². The molecular weight excluding hydrogens is 268 g/mol. The summed E-state index contributed by atoms with van der Waals surface area (Å²) in [5.74, 6) is -0.152. The van der Waals surface area contributed by atoms with Crippen molar-refractivity contribution in [2.75, 3.05) is 7.05 Å². The lowest BCUT2D eigenvalue weighted by Crippen LogP contribution is -2.34. The van der Waals surface area contributed by atoms with Crippen LogP contribution in [0.4, 0.5) is 0 Å². The van der Waals surface area contributed by atoms with Crippen molar-refractivity contribution in [2.45, 2.75) is 19.9 Å². The van der Waals surface area contributed by atoms with Crippen LogP contribution in [0.1, 0.15) is 22.8 Å². The van der Waals surface area contributed by atoms with Gasteiger partial charge >= 0.3 is 0 Å². The highest BCUT2D eigenvalue weighted by Gasteiger charge is 2.18. The molecule has 1 aromatic rings. The molecule has 0 fully saturated rings. The van der Waals surface area contributed by atoms with E-state index in [2.05, 4.69) is 15.9 Å². The molecule has 0 aliphatic rings. The van der Waals surface area contributed by atoms with E-state index in [-0.39, 0.29) is 5.91 Å². The van der Waals surface area contributed by atoms with Gasteiger partial charge in [0.15, 0.2) is 0 Å². The maximum atomic E-state index is 12.0. The highest BCUT2D eigenvalue weighted by molar-refractivity contribution is 9.10. The van der Waals surface area contributed by atoms with Crippen molar-refractivity contribution >= 4 is 21.8 Å². The molecular formula is C12H13BrN2O. The monoisotopic (exact) mass is 280 g/mol. The van der Waals surface area contributed by atoms with Crippen LogP contribution in [0.15, 0.2) is 22.7 Å². The Bertz CT molecular complexity index is 451. The van der Waals surface area contributed by atoms with Crippen molar-refractivity contribution in [2.24, 2.45) is 0 Å². The molecule has 1 unspecified atom stereocenters. The molecule has 0 N–H and O–H groups in total. The van der Waals surface area contributed by atoms with E-state index < -0.39 is 6.04 Å². The SMILES string of the molecule is Cc1ccc(C(=O)N(C)C(C)C#N)c(Br)c1. The standard InChI is InChI=1S/C12H13BrN2O/c1-8-4-5-10(11(13)6-8)12(16)15(3)9(2)7-14/h4-6,9H,1-3H3. The van der Waals surface area contributed by atoms with Gasteiger partial charge in [0.25, 0.3) is 5.91 Å². The Morgan fingerprint density at radius 3 is 2.69 bits per heavy atom. The zero-order valence-electron chi connectivity index (χ0n) is 9.49. The van der Waals surface area contributed by atoms with Crippen molar-refractivity contribution in [1.82, 2.24) is 4.90 Å². The van der Waals surface area contributed by atoms with E-state index in [1.807, 2.05) is 25.1 Å². The molecule has 0 spiro atoms. The molecule has 1 amide bonds. The summed E-state index contributed by atoms with van der Waals surface area (Å²) >= 11 is 3.36. The van der Waals surface area contributed by atoms with Gasteiger partial charge in [-0.3, -0.25) is 4.79 Å². The smallest absolute Gasteiger partial charge is 0.255 e. The number of hydrogen-bond donors (Lipinski definition) is 0. The van der Waals surface area contributed by atoms with Gasteiger partial charge in [-0.25, -0.2) is 0 Å². The van der Waals surface area contributed by atoms with Gasteiger partial charge in [-0.2, -0.15) is 5.26 Å². The first kappa shape index (κ1) is 12.7. The predicted octanol–water partition coefficient (Wildman–Crippen LogP) is 2.74. The van der Waals surface area contributed by atoms with E-state index in [4.69, 9.17) is 5.26 Å². The summed E-state index contributed by atoms with van der Waals surface area (Å²) in [6.07, 6.45) is 0. The zero-order valence-corrected chi connectivity index (χ0v) is 11.1. The number of carbonyl (C=O) groups is 1. The molecule has 0 aliphatic heterocycles. The number of carbonyl (C=O) groups excluding carboxylic acids is 1. The fraction of sp³-hybridized carbons (Fsp3) is 0.333. The Morgan fingerprint density at radius 2 is 2.19 bits per heavy atom. The van der Waals surface area contributed by atoms with Crippen molar-refractivity contribution in [3.05, 3.63) is 33.8 Å². The molecule has 0 saturated carbocycles. The second-order valence-corrected chi connectivity index (χ2v) is 4.56. The first-order valence-electron chi connectivity index (χ1n) is 4.90. The molecule has 4 heteroatoms. The van der Waals surface area contributed by atoms with Gasteiger partial charge in [0.2, 0.25) is 0 Å². The maximum absolute atomic E-state index is 12.0. The van der Waals surface area contributed by atoms with Crippen LogP contribution in [0.2, 0.25) is 0 Å². The van der Waals surface area contributed by atoms with Crippen molar-refractivity contribution in [1.29, 1.82) is 5.26 Å². The minimum atomic E-state index is -0.430. The van der Waals surface area contributed by atoms with Crippen molar-refractivity contribution < 1.29 is 4.79 Å². The van der Waals surface area contributed by atoms with E-state index >= 15 is 0 Å². The van der Waals surface area contributed by atoms with Crippen LogP contribution in [-0.2, 0) is 0 Å². The fourth-order valence-electron chi connectivity index (χ4n) is 1.25. The summed E-state index contributed by atoms with van der Waals surface area (Å²) in [4.78, 5) is 13.4. The minimum Gasteiger partial charge on any atom is -0.326 e. The maximum Gasteiger partial charge on any atom is 0.255 e. The lowest BCUT2D eigenvalue weighted by atomic mass is 10.1. The van der Waals surface area contributed by atoms with Gasteiger partial charge < -0.3 is 4.90 Å². The molecule has 84 valence electrons. The summed E-state index contributed by atoms with van der Waals surface area (Å²) in [5, 5.41) is 8.76. The molecule has 16 heavy (non-hydrogen) atoms. The Morgan fingerprint density at radius 1 is 1.56 bits per heavy atom. The molecule has 0 radical (unpaired) electrons. The number of amides is 1. The van der Waals surface area contributed by atoms with Crippen LogP contribution in [-0.4, -0.2) is 23.9 Å². The molecule has 0 heterocycles. The average Bonchev–Trinajstić information content (AvgIpc) is 2.26. The molecule has 1 aromatic carbocycles. The third kappa shape index (κ3) is 2.61. The summed E-state index contributed by atoms with van der Waals surface area (Å²) < 4.78 is 0.759. The Labute approximate surface area is 104 Å². The normalized spacial score (nSPS) is 11.7. The van der Waals surface area contributed by atoms with Crippen LogP contribution in [0.3, 0.4) is 0 Å². The summed E-state index contributed by atoms with van der Waals surface area (Å²) in [5.41, 5.74) is 1.66. The Kier molecular flexibility index (Phi) is 4.08. The quantitative estimate of drug-likeness (QED) is 0.836. The summed E-state index contributed by atoms with van der Waals surface area (Å²) in [6, 6.07) is 7.14. The van der Waals surface area contributed by atoms with Gasteiger partial charge in [-0.15, -0.1) is 0 Å². The van der Waals surface area contributed by atoms with Crippen LogP contribution >= 0.6 is 15.9 Å². The van der Waals surface area contributed by atoms with Crippen LogP contribution in [0.25, 0.3) is 0 Å². The summed E-state index contributed by atoms with van der Waals surface area (Å²) in [7, 11) is 1.63. The second-order valence-electron chi connectivity index (χ2n) is 3.70. The average molecular weight is 281 g/mol. The number of halogens is 1. The molecule has 0 saturated heterocycles. The lowest BCUT2D eigenvalue weighted by molar-refractivity contribution is 0.0772. The second kappa shape index (κ2) is 5.13. The number of nitrogens with zero attached hydrogens (tertiary/aromatic N) is 2.